The van der Waals surface area contributed by atoms with Crippen molar-refractivity contribution in [1.82, 2.24) is 13.8 Å². The Hall–Kier alpha value is -3.42. The van der Waals surface area contributed by atoms with E-state index in [0.717, 1.165) is 10.2 Å². The van der Waals surface area contributed by atoms with Crippen LogP contribution in [-0.2, 0) is 21.3 Å². The quantitative estimate of drug-likeness (QED) is 0.434. The number of carbonyl (C=O) groups is 2. The van der Waals surface area contributed by atoms with Crippen molar-refractivity contribution in [1.29, 1.82) is 0 Å². The normalized spacial score (nSPS) is 15.1. The van der Waals surface area contributed by atoms with Crippen LogP contribution in [0.15, 0.2) is 46.3 Å². The molecule has 0 bridgehead atoms. The molecular formula is C25H30N4O7S2. The molecule has 38 heavy (non-hydrogen) atoms. The van der Waals surface area contributed by atoms with Crippen LogP contribution in [0.25, 0.3) is 10.2 Å². The second kappa shape index (κ2) is 11.5. The van der Waals surface area contributed by atoms with Crippen molar-refractivity contribution in [3.8, 4) is 11.5 Å². The van der Waals surface area contributed by atoms with Crippen molar-refractivity contribution in [2.75, 3.05) is 47.0 Å². The molecule has 0 unspecified atom stereocenters. The van der Waals surface area contributed by atoms with Gasteiger partial charge in [-0.2, -0.15) is 9.30 Å². The van der Waals surface area contributed by atoms with Crippen LogP contribution in [0, 0.1) is 0 Å². The Labute approximate surface area is 224 Å². The van der Waals surface area contributed by atoms with E-state index in [-0.39, 0.29) is 43.2 Å². The summed E-state index contributed by atoms with van der Waals surface area (Å²) in [6.45, 7) is 5.29. The van der Waals surface area contributed by atoms with Crippen LogP contribution in [0.1, 0.15) is 24.2 Å². The summed E-state index contributed by atoms with van der Waals surface area (Å²) in [5.41, 5.74) is 1.05. The molecule has 1 aliphatic rings. The van der Waals surface area contributed by atoms with Gasteiger partial charge in [0, 0.05) is 38.3 Å². The van der Waals surface area contributed by atoms with Crippen LogP contribution < -0.4 is 14.3 Å². The van der Waals surface area contributed by atoms with Gasteiger partial charge in [0.15, 0.2) is 4.80 Å². The lowest BCUT2D eigenvalue weighted by Crippen LogP contribution is -2.50. The first-order chi connectivity index (χ1) is 18.2. The van der Waals surface area contributed by atoms with Gasteiger partial charge in [-0.1, -0.05) is 11.3 Å². The molecule has 2 aromatic carbocycles. The van der Waals surface area contributed by atoms with Gasteiger partial charge in [-0.25, -0.2) is 13.2 Å². The number of rotatable bonds is 7. The molecule has 0 atom stereocenters. The molecule has 1 aromatic heterocycles. The molecule has 2 heterocycles. The van der Waals surface area contributed by atoms with E-state index in [1.54, 1.807) is 27.2 Å². The van der Waals surface area contributed by atoms with Crippen molar-refractivity contribution in [3.05, 3.63) is 46.8 Å². The highest BCUT2D eigenvalue weighted by molar-refractivity contribution is 7.89. The number of methoxy groups -OCH3 is 2. The molecule has 0 saturated carbocycles. The van der Waals surface area contributed by atoms with Gasteiger partial charge in [-0.05, 0) is 50.2 Å². The summed E-state index contributed by atoms with van der Waals surface area (Å²) in [7, 11) is -0.627. The molecule has 1 aliphatic heterocycles. The van der Waals surface area contributed by atoms with Gasteiger partial charge in [0.25, 0.3) is 5.91 Å². The van der Waals surface area contributed by atoms with Crippen molar-refractivity contribution in [2.45, 2.75) is 25.3 Å². The van der Waals surface area contributed by atoms with Crippen LogP contribution in [0.4, 0.5) is 4.79 Å². The summed E-state index contributed by atoms with van der Waals surface area (Å²) in [4.78, 5) is 31.3. The molecule has 4 rings (SSSR count). The standard InChI is InChI=1S/C25H30N4O7S2/c1-5-29-21-19(34-3)11-12-20(35-4)22(21)37-24(29)26-23(30)17-7-9-18(10-8-17)38(32,33)28-15-13-27(14-16-28)25(31)36-6-2/h7-12H,5-6,13-16H2,1-4H3. The number of ether oxygens (including phenoxy) is 3. The second-order valence-electron chi connectivity index (χ2n) is 8.31. The van der Waals surface area contributed by atoms with Gasteiger partial charge in [-0.15, -0.1) is 0 Å². The predicted molar refractivity (Wildman–Crippen MR) is 142 cm³/mol. The highest BCUT2D eigenvalue weighted by Gasteiger charge is 2.30. The average molecular weight is 563 g/mol. The third-order valence-corrected chi connectivity index (χ3v) is 9.22. The molecule has 13 heteroatoms. The fourth-order valence-corrected chi connectivity index (χ4v) is 6.85. The van der Waals surface area contributed by atoms with Crippen molar-refractivity contribution in [3.63, 3.8) is 0 Å². The lowest BCUT2D eigenvalue weighted by atomic mass is 10.2. The zero-order valence-corrected chi connectivity index (χ0v) is 23.3. The second-order valence-corrected chi connectivity index (χ2v) is 11.2. The summed E-state index contributed by atoms with van der Waals surface area (Å²) >= 11 is 1.31. The molecular weight excluding hydrogens is 532 g/mol. The van der Waals surface area contributed by atoms with Gasteiger partial charge in [0.1, 0.15) is 21.7 Å². The summed E-state index contributed by atoms with van der Waals surface area (Å²) in [6.07, 6.45) is -0.448. The van der Waals surface area contributed by atoms with E-state index < -0.39 is 22.0 Å². The summed E-state index contributed by atoms with van der Waals surface area (Å²) < 4.78 is 46.2. The van der Waals surface area contributed by atoms with Crippen LogP contribution in [0.5, 0.6) is 11.5 Å². The molecule has 1 fully saturated rings. The van der Waals surface area contributed by atoms with Gasteiger partial charge in [0.05, 0.1) is 25.7 Å². The Morgan fingerprint density at radius 3 is 2.16 bits per heavy atom. The number of aromatic nitrogens is 1. The molecule has 204 valence electrons. The molecule has 2 amide bonds. The van der Waals surface area contributed by atoms with E-state index in [1.165, 1.54) is 44.8 Å². The van der Waals surface area contributed by atoms with Crippen molar-refractivity contribution < 1.29 is 32.2 Å². The predicted octanol–water partition coefficient (Wildman–Crippen LogP) is 2.94. The molecule has 3 aromatic rings. The van der Waals surface area contributed by atoms with Crippen LogP contribution in [0.3, 0.4) is 0 Å². The molecule has 0 aliphatic carbocycles. The van der Waals surface area contributed by atoms with E-state index in [2.05, 4.69) is 4.99 Å². The summed E-state index contributed by atoms with van der Waals surface area (Å²) in [5, 5.41) is 0. The van der Waals surface area contributed by atoms with Gasteiger partial charge in [-0.3, -0.25) is 4.79 Å². The third kappa shape index (κ3) is 5.26. The van der Waals surface area contributed by atoms with E-state index >= 15 is 0 Å². The highest BCUT2D eigenvalue weighted by atomic mass is 32.2. The molecule has 11 nitrogen and oxygen atoms in total. The largest absolute Gasteiger partial charge is 0.495 e. The maximum absolute atomic E-state index is 13.1. The minimum atomic E-state index is -3.79. The fourth-order valence-electron chi connectivity index (χ4n) is 4.23. The number of amides is 2. The molecule has 0 spiro atoms. The zero-order valence-electron chi connectivity index (χ0n) is 21.7. The Morgan fingerprint density at radius 2 is 1.58 bits per heavy atom. The monoisotopic (exact) mass is 562 g/mol. The number of sulfonamides is 1. The van der Waals surface area contributed by atoms with E-state index in [9.17, 15) is 18.0 Å². The Balaban J connectivity index is 1.57. The summed E-state index contributed by atoms with van der Waals surface area (Å²) in [6, 6.07) is 9.33. The molecule has 0 N–H and O–H groups in total. The van der Waals surface area contributed by atoms with Gasteiger partial charge >= 0.3 is 6.09 Å². The van der Waals surface area contributed by atoms with Crippen molar-refractivity contribution >= 4 is 43.6 Å². The summed E-state index contributed by atoms with van der Waals surface area (Å²) in [5.74, 6) is 0.800. The number of benzene rings is 2. The molecule has 1 saturated heterocycles. The maximum atomic E-state index is 13.1. The maximum Gasteiger partial charge on any atom is 0.409 e. The fraction of sp³-hybridized carbons (Fsp3) is 0.400. The topological polar surface area (TPSA) is 120 Å². The number of hydrogen-bond donors (Lipinski definition) is 0. The Bertz CT molecular complexity index is 1500. The number of hydrogen-bond acceptors (Lipinski definition) is 8. The van der Waals surface area contributed by atoms with Gasteiger partial charge in [0.2, 0.25) is 10.0 Å². The number of carbonyl (C=O) groups excluding carboxylic acids is 2. The first kappa shape index (κ1) is 27.6. The Kier molecular flexibility index (Phi) is 8.38. The number of nitrogens with zero attached hydrogens (tertiary/aromatic N) is 4. The van der Waals surface area contributed by atoms with Crippen LogP contribution >= 0.6 is 11.3 Å². The SMILES string of the molecule is CCOC(=O)N1CCN(S(=O)(=O)c2ccc(C(=O)N=c3sc4c(OC)ccc(OC)c4n3CC)cc2)CC1. The average Bonchev–Trinajstić information content (AvgIpc) is 3.30. The van der Waals surface area contributed by atoms with Crippen LogP contribution in [0.2, 0.25) is 0 Å². The number of fused-ring (bicyclic) bond motifs is 1. The van der Waals surface area contributed by atoms with Crippen molar-refractivity contribution in [2.24, 2.45) is 4.99 Å². The number of thiazole rings is 1. The zero-order chi connectivity index (χ0) is 27.4. The smallest absolute Gasteiger partial charge is 0.409 e. The number of piperazine rings is 1. The minimum Gasteiger partial charge on any atom is -0.495 e. The first-order valence-corrected chi connectivity index (χ1v) is 14.4. The number of aryl methyl sites for hydroxylation is 1. The van der Waals surface area contributed by atoms with E-state index in [0.29, 0.717) is 22.8 Å². The minimum absolute atomic E-state index is 0.0681. The lowest BCUT2D eigenvalue weighted by Gasteiger charge is -2.33. The van der Waals surface area contributed by atoms with E-state index in [1.807, 2.05) is 17.6 Å². The highest BCUT2D eigenvalue weighted by Crippen LogP contribution is 2.35. The van der Waals surface area contributed by atoms with E-state index in [4.69, 9.17) is 14.2 Å². The third-order valence-electron chi connectivity index (χ3n) is 6.21. The lowest BCUT2D eigenvalue weighted by molar-refractivity contribution is 0.0933. The van der Waals surface area contributed by atoms with Crippen LogP contribution in [-0.4, -0.2) is 81.2 Å². The molecule has 0 radical (unpaired) electrons. The Morgan fingerprint density at radius 1 is 0.947 bits per heavy atom. The van der Waals surface area contributed by atoms with Gasteiger partial charge < -0.3 is 23.7 Å². The first-order valence-electron chi connectivity index (χ1n) is 12.1.